The molecule has 0 saturated carbocycles. The fourth-order valence-corrected chi connectivity index (χ4v) is 2.77. The molecule has 0 aromatic carbocycles. The van der Waals surface area contributed by atoms with Crippen molar-refractivity contribution in [3.05, 3.63) is 26.7 Å². The Kier molecular flexibility index (Phi) is 6.45. The minimum atomic E-state index is -0.485. The molecule has 9 heteroatoms. The zero-order valence-corrected chi connectivity index (χ0v) is 16.7. The second-order valence-corrected chi connectivity index (χ2v) is 7.68. The summed E-state index contributed by atoms with van der Waals surface area (Å²) in [5.74, 6) is 0.704. The summed E-state index contributed by atoms with van der Waals surface area (Å²) in [6.07, 6.45) is 4.03. The van der Waals surface area contributed by atoms with Crippen LogP contribution in [0.1, 0.15) is 52.3 Å². The van der Waals surface area contributed by atoms with Gasteiger partial charge in [-0.25, -0.2) is 14.6 Å². The summed E-state index contributed by atoms with van der Waals surface area (Å²) in [7, 11) is 3.06. The first-order valence-electron chi connectivity index (χ1n) is 9.21. The summed E-state index contributed by atoms with van der Waals surface area (Å²) in [5.41, 5.74) is -0.486. The van der Waals surface area contributed by atoms with E-state index in [0.29, 0.717) is 30.0 Å². The third kappa shape index (κ3) is 5.45. The Hall–Kier alpha value is -2.58. The Morgan fingerprint density at radius 3 is 2.44 bits per heavy atom. The first-order chi connectivity index (χ1) is 12.6. The molecule has 2 aromatic heterocycles. The third-order valence-electron chi connectivity index (χ3n) is 4.15. The van der Waals surface area contributed by atoms with Gasteiger partial charge in [0.15, 0.2) is 5.65 Å². The van der Waals surface area contributed by atoms with E-state index < -0.39 is 11.7 Å². The van der Waals surface area contributed by atoms with E-state index in [1.807, 2.05) is 20.8 Å². The number of carbonyl (C=O) groups is 1. The highest BCUT2D eigenvalue weighted by Crippen LogP contribution is 2.09. The number of aryl methyl sites for hydroxylation is 2. The Morgan fingerprint density at radius 2 is 1.78 bits per heavy atom. The number of imidazole rings is 1. The molecule has 0 spiro atoms. The van der Waals surface area contributed by atoms with E-state index in [9.17, 15) is 14.4 Å². The van der Waals surface area contributed by atoms with Gasteiger partial charge in [0, 0.05) is 27.1 Å². The largest absolute Gasteiger partial charge is 0.444 e. The molecule has 2 heterocycles. The third-order valence-corrected chi connectivity index (χ3v) is 4.15. The molecule has 150 valence electrons. The van der Waals surface area contributed by atoms with E-state index in [2.05, 4.69) is 15.3 Å². The van der Waals surface area contributed by atoms with Gasteiger partial charge in [0.2, 0.25) is 0 Å². The van der Waals surface area contributed by atoms with E-state index in [0.717, 1.165) is 30.3 Å². The van der Waals surface area contributed by atoms with Crippen LogP contribution in [0.4, 0.5) is 4.79 Å². The molecular weight excluding hydrogens is 350 g/mol. The smallest absolute Gasteiger partial charge is 0.407 e. The quantitative estimate of drug-likeness (QED) is 0.710. The minimum absolute atomic E-state index is 0.358. The number of unbranched alkanes of at least 4 members (excludes halogenated alkanes) is 3. The molecule has 1 amide bonds. The van der Waals surface area contributed by atoms with Gasteiger partial charge < -0.3 is 15.0 Å². The van der Waals surface area contributed by atoms with Crippen LogP contribution in [0.2, 0.25) is 0 Å². The molecule has 0 atom stereocenters. The van der Waals surface area contributed by atoms with Crippen LogP contribution in [0.3, 0.4) is 0 Å². The number of nitrogens with one attached hydrogen (secondary N) is 2. The maximum absolute atomic E-state index is 12.1. The second kappa shape index (κ2) is 8.41. The summed E-state index contributed by atoms with van der Waals surface area (Å²) in [4.78, 5) is 43.0. The lowest BCUT2D eigenvalue weighted by atomic mass is 10.1. The first-order valence-corrected chi connectivity index (χ1v) is 9.21. The fourth-order valence-electron chi connectivity index (χ4n) is 2.77. The maximum Gasteiger partial charge on any atom is 0.407 e. The number of carbonyl (C=O) groups excluding carboxylic acids is 1. The summed E-state index contributed by atoms with van der Waals surface area (Å²) < 4.78 is 7.62. The predicted molar refractivity (Wildman–Crippen MR) is 103 cm³/mol. The summed E-state index contributed by atoms with van der Waals surface area (Å²) in [6.45, 7) is 6.08. The molecule has 0 fully saturated rings. The van der Waals surface area contributed by atoms with E-state index in [1.54, 1.807) is 7.05 Å². The molecule has 2 rings (SSSR count). The van der Waals surface area contributed by atoms with Crippen molar-refractivity contribution in [1.82, 2.24) is 24.4 Å². The molecule has 9 nitrogen and oxygen atoms in total. The van der Waals surface area contributed by atoms with Crippen LogP contribution in [0, 0.1) is 0 Å². The van der Waals surface area contributed by atoms with Gasteiger partial charge in [-0.3, -0.25) is 13.9 Å². The summed E-state index contributed by atoms with van der Waals surface area (Å²) in [6, 6.07) is 0. The molecule has 0 unspecified atom stereocenters. The van der Waals surface area contributed by atoms with Crippen LogP contribution < -0.4 is 16.6 Å². The van der Waals surface area contributed by atoms with Crippen molar-refractivity contribution in [2.45, 2.75) is 58.5 Å². The van der Waals surface area contributed by atoms with Gasteiger partial charge in [0.05, 0.1) is 0 Å². The second-order valence-electron chi connectivity index (χ2n) is 7.68. The Balaban J connectivity index is 1.76. The monoisotopic (exact) mass is 379 g/mol. The number of fused-ring (bicyclic) bond motifs is 1. The molecule has 0 aliphatic heterocycles. The van der Waals surface area contributed by atoms with Crippen LogP contribution in [0.25, 0.3) is 11.2 Å². The minimum Gasteiger partial charge on any atom is -0.444 e. The van der Waals surface area contributed by atoms with Crippen molar-refractivity contribution in [2.24, 2.45) is 14.1 Å². The van der Waals surface area contributed by atoms with Gasteiger partial charge in [-0.1, -0.05) is 12.8 Å². The number of H-pyrrole nitrogens is 1. The number of alkyl carbamates (subject to hydrolysis) is 1. The number of nitrogens with zero attached hydrogens (tertiary/aromatic N) is 3. The average molecular weight is 379 g/mol. The van der Waals surface area contributed by atoms with Crippen molar-refractivity contribution in [1.29, 1.82) is 0 Å². The van der Waals surface area contributed by atoms with E-state index in [1.165, 1.54) is 11.6 Å². The van der Waals surface area contributed by atoms with Crippen LogP contribution in [-0.2, 0) is 25.3 Å². The number of ether oxygens (including phenoxy) is 1. The lowest BCUT2D eigenvalue weighted by Crippen LogP contribution is -2.36. The SMILES string of the molecule is Cn1c(=O)c2[nH]c(CCCCCCNC(=O)OC(C)(C)C)nc2n(C)c1=O. The maximum atomic E-state index is 12.1. The van der Waals surface area contributed by atoms with Crippen molar-refractivity contribution >= 4 is 17.3 Å². The summed E-state index contributed by atoms with van der Waals surface area (Å²) >= 11 is 0. The van der Waals surface area contributed by atoms with Gasteiger partial charge in [0.25, 0.3) is 5.56 Å². The molecule has 0 aliphatic rings. The Bertz CT molecular complexity index is 917. The zero-order chi connectivity index (χ0) is 20.2. The highest BCUT2D eigenvalue weighted by atomic mass is 16.6. The lowest BCUT2D eigenvalue weighted by Gasteiger charge is -2.19. The standard InChI is InChI=1S/C18H29N5O4/c1-18(2,3)27-16(25)19-11-9-7-6-8-10-12-20-13-14(21-12)22(4)17(26)23(5)15(13)24/h6-11H2,1-5H3,(H,19,25)(H,20,21). The van der Waals surface area contributed by atoms with Gasteiger partial charge in [0.1, 0.15) is 16.9 Å². The predicted octanol–water partition coefficient (Wildman–Crippen LogP) is 1.59. The van der Waals surface area contributed by atoms with E-state index in [4.69, 9.17) is 4.74 Å². The zero-order valence-electron chi connectivity index (χ0n) is 16.7. The van der Waals surface area contributed by atoms with Crippen LogP contribution in [-0.4, -0.2) is 37.3 Å². The molecular formula is C18H29N5O4. The lowest BCUT2D eigenvalue weighted by molar-refractivity contribution is 0.0527. The van der Waals surface area contributed by atoms with Gasteiger partial charge >= 0.3 is 11.8 Å². The highest BCUT2D eigenvalue weighted by Gasteiger charge is 2.15. The van der Waals surface area contributed by atoms with Crippen LogP contribution >= 0.6 is 0 Å². The van der Waals surface area contributed by atoms with E-state index in [-0.39, 0.29) is 11.2 Å². The number of amides is 1. The van der Waals surface area contributed by atoms with E-state index >= 15 is 0 Å². The van der Waals surface area contributed by atoms with Crippen LogP contribution in [0.15, 0.2) is 9.59 Å². The molecule has 0 bridgehead atoms. The normalized spacial score (nSPS) is 11.7. The summed E-state index contributed by atoms with van der Waals surface area (Å²) in [5, 5.41) is 2.74. The number of aromatic amines is 1. The molecule has 0 saturated heterocycles. The number of hydrogen-bond acceptors (Lipinski definition) is 5. The topological polar surface area (TPSA) is 111 Å². The molecule has 2 aromatic rings. The molecule has 0 radical (unpaired) electrons. The molecule has 0 aliphatic carbocycles. The Labute approximate surface area is 157 Å². The number of aromatic nitrogens is 4. The Morgan fingerprint density at radius 1 is 1.11 bits per heavy atom. The molecule has 27 heavy (non-hydrogen) atoms. The molecule has 2 N–H and O–H groups in total. The van der Waals surface area contributed by atoms with Gasteiger partial charge in [-0.05, 0) is 33.6 Å². The van der Waals surface area contributed by atoms with Gasteiger partial charge in [-0.15, -0.1) is 0 Å². The fraction of sp³-hybridized carbons (Fsp3) is 0.667. The van der Waals surface area contributed by atoms with Crippen molar-refractivity contribution in [3.63, 3.8) is 0 Å². The first kappa shape index (κ1) is 20.7. The van der Waals surface area contributed by atoms with Gasteiger partial charge in [-0.2, -0.15) is 0 Å². The van der Waals surface area contributed by atoms with Crippen molar-refractivity contribution < 1.29 is 9.53 Å². The number of rotatable bonds is 7. The highest BCUT2D eigenvalue weighted by molar-refractivity contribution is 5.69. The average Bonchev–Trinajstić information content (AvgIpc) is 3.00. The van der Waals surface area contributed by atoms with Crippen molar-refractivity contribution in [3.8, 4) is 0 Å². The number of hydrogen-bond donors (Lipinski definition) is 2. The van der Waals surface area contributed by atoms with Crippen molar-refractivity contribution in [2.75, 3.05) is 6.54 Å². The van der Waals surface area contributed by atoms with Crippen LogP contribution in [0.5, 0.6) is 0 Å².